The number of likely N-dealkylation sites (tertiary alicyclic amines) is 1. The lowest BCUT2D eigenvalue weighted by atomic mass is 10.1. The van der Waals surface area contributed by atoms with E-state index in [4.69, 9.17) is 9.72 Å². The van der Waals surface area contributed by atoms with Crippen LogP contribution in [-0.4, -0.2) is 50.6 Å². The Morgan fingerprint density at radius 3 is 2.67 bits per heavy atom. The maximum absolute atomic E-state index is 13.1. The Morgan fingerprint density at radius 1 is 1.15 bits per heavy atom. The van der Waals surface area contributed by atoms with E-state index in [0.717, 1.165) is 15.5 Å². The van der Waals surface area contributed by atoms with Crippen LogP contribution in [0.3, 0.4) is 0 Å². The van der Waals surface area contributed by atoms with E-state index >= 15 is 0 Å². The Kier molecular flexibility index (Phi) is 5.47. The normalized spacial score (nSPS) is 13.6. The van der Waals surface area contributed by atoms with E-state index in [-0.39, 0.29) is 11.5 Å². The van der Waals surface area contributed by atoms with Crippen LogP contribution in [-0.2, 0) is 14.3 Å². The molecule has 0 spiro atoms. The first kappa shape index (κ1) is 21.0. The minimum Gasteiger partial charge on any atom is -0.452 e. The highest BCUT2D eigenvalue weighted by Crippen LogP contribution is 2.31. The molecule has 3 aromatic heterocycles. The van der Waals surface area contributed by atoms with Crippen LogP contribution in [0.15, 0.2) is 53.9 Å². The van der Waals surface area contributed by atoms with Crippen molar-refractivity contribution < 1.29 is 19.1 Å². The van der Waals surface area contributed by atoms with Gasteiger partial charge in [0.05, 0.1) is 32.9 Å². The van der Waals surface area contributed by atoms with Crippen LogP contribution >= 0.6 is 11.3 Å². The fourth-order valence-electron chi connectivity index (χ4n) is 3.94. The van der Waals surface area contributed by atoms with Crippen LogP contribution in [0, 0.1) is 6.92 Å². The summed E-state index contributed by atoms with van der Waals surface area (Å²) in [5.74, 6) is -1.40. The SMILES string of the molecule is Cc1nn(-c2ccccc2)c2nc(-c3cccs3)cc(C(=O)OCC(=O)N3CCCC3=O)c12. The van der Waals surface area contributed by atoms with Crippen molar-refractivity contribution in [1.82, 2.24) is 19.7 Å². The second-order valence-electron chi connectivity index (χ2n) is 7.68. The average molecular weight is 461 g/mol. The lowest BCUT2D eigenvalue weighted by molar-refractivity contribution is -0.143. The van der Waals surface area contributed by atoms with Crippen molar-refractivity contribution in [3.63, 3.8) is 0 Å². The zero-order valence-corrected chi connectivity index (χ0v) is 18.7. The number of ether oxygens (including phenoxy) is 1. The Labute approximate surface area is 193 Å². The van der Waals surface area contributed by atoms with Crippen molar-refractivity contribution in [3.8, 4) is 16.3 Å². The number of carbonyl (C=O) groups is 3. The lowest BCUT2D eigenvalue weighted by Gasteiger charge is -2.14. The van der Waals surface area contributed by atoms with Gasteiger partial charge < -0.3 is 4.74 Å². The molecule has 1 aliphatic rings. The molecule has 4 aromatic rings. The Hall–Kier alpha value is -3.85. The molecule has 1 aliphatic heterocycles. The Balaban J connectivity index is 1.55. The largest absolute Gasteiger partial charge is 0.452 e. The molecule has 0 unspecified atom stereocenters. The molecule has 2 amide bonds. The fourth-order valence-corrected chi connectivity index (χ4v) is 4.63. The molecular formula is C24H20N4O4S. The van der Waals surface area contributed by atoms with Gasteiger partial charge in [0.2, 0.25) is 5.91 Å². The number of benzene rings is 1. The van der Waals surface area contributed by atoms with Crippen molar-refractivity contribution in [2.75, 3.05) is 13.2 Å². The van der Waals surface area contributed by atoms with Crippen molar-refractivity contribution in [3.05, 3.63) is 65.2 Å². The van der Waals surface area contributed by atoms with E-state index in [2.05, 4.69) is 5.10 Å². The molecule has 5 rings (SSSR count). The third kappa shape index (κ3) is 3.91. The number of hydrogen-bond acceptors (Lipinski definition) is 7. The van der Waals surface area contributed by atoms with Gasteiger partial charge in [-0.2, -0.15) is 5.10 Å². The minimum atomic E-state index is -0.657. The van der Waals surface area contributed by atoms with Gasteiger partial charge in [-0.15, -0.1) is 11.3 Å². The first-order chi connectivity index (χ1) is 16.0. The van der Waals surface area contributed by atoms with E-state index in [9.17, 15) is 14.4 Å². The number of amides is 2. The second-order valence-corrected chi connectivity index (χ2v) is 8.63. The van der Waals surface area contributed by atoms with Crippen LogP contribution in [0.25, 0.3) is 27.3 Å². The monoisotopic (exact) mass is 460 g/mol. The van der Waals surface area contributed by atoms with Gasteiger partial charge in [0.25, 0.3) is 5.91 Å². The summed E-state index contributed by atoms with van der Waals surface area (Å²) in [7, 11) is 0. The molecule has 9 heteroatoms. The van der Waals surface area contributed by atoms with E-state index in [1.807, 2.05) is 47.8 Å². The molecule has 0 saturated carbocycles. The number of aryl methyl sites for hydroxylation is 1. The Bertz CT molecular complexity index is 1360. The van der Waals surface area contributed by atoms with Gasteiger partial charge in [0.1, 0.15) is 0 Å². The molecule has 1 fully saturated rings. The molecule has 0 bridgehead atoms. The summed E-state index contributed by atoms with van der Waals surface area (Å²) in [6, 6.07) is 15.1. The van der Waals surface area contributed by atoms with E-state index in [0.29, 0.717) is 41.8 Å². The predicted octanol–water partition coefficient (Wildman–Crippen LogP) is 3.76. The minimum absolute atomic E-state index is 0.234. The number of rotatable bonds is 5. The number of hydrogen-bond donors (Lipinski definition) is 0. The van der Waals surface area contributed by atoms with Gasteiger partial charge in [0.15, 0.2) is 12.3 Å². The maximum Gasteiger partial charge on any atom is 0.339 e. The third-order valence-electron chi connectivity index (χ3n) is 5.51. The van der Waals surface area contributed by atoms with E-state index in [1.54, 1.807) is 17.7 Å². The summed E-state index contributed by atoms with van der Waals surface area (Å²) in [5, 5.41) is 7.12. The van der Waals surface area contributed by atoms with E-state index < -0.39 is 18.5 Å². The van der Waals surface area contributed by atoms with Gasteiger partial charge in [-0.25, -0.2) is 14.5 Å². The number of pyridine rings is 1. The molecule has 166 valence electrons. The maximum atomic E-state index is 13.1. The number of thiophene rings is 1. The number of para-hydroxylation sites is 1. The predicted molar refractivity (Wildman–Crippen MR) is 123 cm³/mol. The summed E-state index contributed by atoms with van der Waals surface area (Å²) < 4.78 is 7.06. The summed E-state index contributed by atoms with van der Waals surface area (Å²) in [6.45, 7) is 1.67. The Morgan fingerprint density at radius 2 is 1.97 bits per heavy atom. The van der Waals surface area contributed by atoms with Gasteiger partial charge in [-0.3, -0.25) is 14.5 Å². The summed E-state index contributed by atoms with van der Waals surface area (Å²) >= 11 is 1.51. The second kappa shape index (κ2) is 8.59. The summed E-state index contributed by atoms with van der Waals surface area (Å²) in [5.41, 5.74) is 2.85. The van der Waals surface area contributed by atoms with Crippen molar-refractivity contribution in [1.29, 1.82) is 0 Å². The highest BCUT2D eigenvalue weighted by molar-refractivity contribution is 7.13. The standard InChI is InChI=1S/C24H20N4O4S/c1-15-22-17(24(31)32-14-21(30)27-11-5-10-20(27)29)13-18(19-9-6-12-33-19)25-23(22)28(26-15)16-7-3-2-4-8-16/h2-4,6-9,12-13H,5,10-11,14H2,1H3. The van der Waals surface area contributed by atoms with Crippen LogP contribution in [0.1, 0.15) is 28.9 Å². The first-order valence-corrected chi connectivity index (χ1v) is 11.4. The zero-order chi connectivity index (χ0) is 22.9. The van der Waals surface area contributed by atoms with Crippen molar-refractivity contribution in [2.24, 2.45) is 0 Å². The smallest absolute Gasteiger partial charge is 0.339 e. The molecule has 33 heavy (non-hydrogen) atoms. The topological polar surface area (TPSA) is 94.4 Å². The summed E-state index contributed by atoms with van der Waals surface area (Å²) in [4.78, 5) is 44.2. The molecule has 0 aliphatic carbocycles. The molecule has 0 atom stereocenters. The van der Waals surface area contributed by atoms with Gasteiger partial charge in [-0.1, -0.05) is 24.3 Å². The van der Waals surface area contributed by atoms with Crippen LogP contribution < -0.4 is 0 Å². The number of nitrogens with zero attached hydrogens (tertiary/aromatic N) is 4. The molecule has 0 N–H and O–H groups in total. The zero-order valence-electron chi connectivity index (χ0n) is 17.9. The molecule has 1 aromatic carbocycles. The number of fused-ring (bicyclic) bond motifs is 1. The third-order valence-corrected chi connectivity index (χ3v) is 6.40. The molecular weight excluding hydrogens is 440 g/mol. The molecule has 4 heterocycles. The van der Waals surface area contributed by atoms with Crippen LogP contribution in [0.4, 0.5) is 0 Å². The molecule has 8 nitrogen and oxygen atoms in total. The van der Waals surface area contributed by atoms with Gasteiger partial charge in [-0.05, 0) is 43.0 Å². The number of aromatic nitrogens is 3. The average Bonchev–Trinajstić information content (AvgIpc) is 3.58. The quantitative estimate of drug-likeness (QED) is 0.421. The molecule has 1 saturated heterocycles. The van der Waals surface area contributed by atoms with E-state index in [1.165, 1.54) is 11.3 Å². The number of carbonyl (C=O) groups excluding carboxylic acids is 3. The highest BCUT2D eigenvalue weighted by Gasteiger charge is 2.28. The van der Waals surface area contributed by atoms with Crippen LogP contribution in [0.2, 0.25) is 0 Å². The number of esters is 1. The van der Waals surface area contributed by atoms with Gasteiger partial charge >= 0.3 is 5.97 Å². The first-order valence-electron chi connectivity index (χ1n) is 10.5. The van der Waals surface area contributed by atoms with Gasteiger partial charge in [0, 0.05) is 13.0 Å². The summed E-state index contributed by atoms with van der Waals surface area (Å²) in [6.07, 6.45) is 0.970. The number of imide groups is 1. The van der Waals surface area contributed by atoms with Crippen LogP contribution in [0.5, 0.6) is 0 Å². The fraction of sp³-hybridized carbons (Fsp3) is 0.208. The molecule has 0 radical (unpaired) electrons. The van der Waals surface area contributed by atoms with Crippen molar-refractivity contribution in [2.45, 2.75) is 19.8 Å². The lowest BCUT2D eigenvalue weighted by Crippen LogP contribution is -2.35. The highest BCUT2D eigenvalue weighted by atomic mass is 32.1. The van der Waals surface area contributed by atoms with Crippen molar-refractivity contribution >= 4 is 40.2 Å².